The number of rotatable bonds is 4. The van der Waals surface area contributed by atoms with Crippen LogP contribution in [0.3, 0.4) is 0 Å². The van der Waals surface area contributed by atoms with E-state index in [4.69, 9.17) is 11.6 Å². The number of anilines is 1. The maximum absolute atomic E-state index is 12.4. The lowest BCUT2D eigenvalue weighted by Crippen LogP contribution is -2.31. The van der Waals surface area contributed by atoms with Crippen LogP contribution in [0.2, 0.25) is 5.15 Å². The number of hydrogen-bond donors (Lipinski definition) is 1. The molecule has 0 saturated heterocycles. The minimum absolute atomic E-state index is 0.130. The van der Waals surface area contributed by atoms with Crippen LogP contribution in [0.4, 0.5) is 5.95 Å². The lowest BCUT2D eigenvalue weighted by atomic mass is 10.2. The van der Waals surface area contributed by atoms with E-state index in [-0.39, 0.29) is 11.1 Å². The molecule has 0 unspecified atom stereocenters. The summed E-state index contributed by atoms with van der Waals surface area (Å²) in [5.74, 6) is 0.306. The van der Waals surface area contributed by atoms with Crippen LogP contribution < -0.4 is 5.32 Å². The second-order valence-electron chi connectivity index (χ2n) is 3.87. The Balaban J connectivity index is 2.60. The Morgan fingerprint density at radius 3 is 2.68 bits per heavy atom. The van der Waals surface area contributed by atoms with Gasteiger partial charge in [-0.3, -0.25) is 4.79 Å². The molecular weight excluding hydrogens is 268 g/mol. The first-order valence-electron chi connectivity index (χ1n) is 6.01. The van der Waals surface area contributed by atoms with Gasteiger partial charge in [0.15, 0.2) is 10.8 Å². The number of nitrogens with one attached hydrogen (secondary N) is 1. The van der Waals surface area contributed by atoms with E-state index in [0.717, 1.165) is 0 Å². The molecule has 0 spiro atoms. The third kappa shape index (κ3) is 2.33. The lowest BCUT2D eigenvalue weighted by molar-refractivity contribution is 0.0774. The Bertz CT molecular complexity index is 606. The van der Waals surface area contributed by atoms with E-state index < -0.39 is 0 Å². The predicted octanol–water partition coefficient (Wildman–Crippen LogP) is 1.30. The van der Waals surface area contributed by atoms with Crippen molar-refractivity contribution in [1.29, 1.82) is 0 Å². The van der Waals surface area contributed by atoms with Crippen molar-refractivity contribution in [2.45, 2.75) is 13.8 Å². The molecule has 1 amide bonds. The second-order valence-corrected chi connectivity index (χ2v) is 4.25. The summed E-state index contributed by atoms with van der Waals surface area (Å²) < 4.78 is 1.43. The summed E-state index contributed by atoms with van der Waals surface area (Å²) in [5.41, 5.74) is 0.795. The molecule has 0 aliphatic carbocycles. The first kappa shape index (κ1) is 13.5. The maximum Gasteiger partial charge on any atom is 0.257 e. The minimum atomic E-state index is -0.130. The van der Waals surface area contributed by atoms with E-state index >= 15 is 0 Å². The largest absolute Gasteiger partial charge is 0.356 e. The third-order valence-electron chi connectivity index (χ3n) is 2.85. The normalized spacial score (nSPS) is 10.7. The Morgan fingerprint density at radius 2 is 2.11 bits per heavy atom. The smallest absolute Gasteiger partial charge is 0.257 e. The van der Waals surface area contributed by atoms with Gasteiger partial charge in [0, 0.05) is 20.1 Å². The molecule has 8 heteroatoms. The van der Waals surface area contributed by atoms with E-state index in [0.29, 0.717) is 30.2 Å². The van der Waals surface area contributed by atoms with Gasteiger partial charge in [-0.2, -0.15) is 9.61 Å². The van der Waals surface area contributed by atoms with Gasteiger partial charge in [0.25, 0.3) is 5.91 Å². The maximum atomic E-state index is 12.4. The van der Waals surface area contributed by atoms with Gasteiger partial charge >= 0.3 is 0 Å². The molecule has 7 nitrogen and oxygen atoms in total. The Morgan fingerprint density at radius 1 is 1.42 bits per heavy atom. The van der Waals surface area contributed by atoms with Gasteiger partial charge in [-0.15, -0.1) is 10.2 Å². The lowest BCUT2D eigenvalue weighted by Gasteiger charge is -2.18. The van der Waals surface area contributed by atoms with Gasteiger partial charge in [-0.25, -0.2) is 0 Å². The Kier molecular flexibility index (Phi) is 3.84. The summed E-state index contributed by atoms with van der Waals surface area (Å²) in [7, 11) is 1.70. The number of carbonyl (C=O) groups is 1. The fourth-order valence-corrected chi connectivity index (χ4v) is 2.03. The predicted molar refractivity (Wildman–Crippen MR) is 72.6 cm³/mol. The van der Waals surface area contributed by atoms with Crippen LogP contribution in [0.1, 0.15) is 24.2 Å². The number of hydrogen-bond acceptors (Lipinski definition) is 5. The van der Waals surface area contributed by atoms with Crippen LogP contribution in [-0.4, -0.2) is 50.8 Å². The van der Waals surface area contributed by atoms with Crippen LogP contribution in [0, 0.1) is 0 Å². The van der Waals surface area contributed by atoms with Crippen LogP contribution >= 0.6 is 11.6 Å². The summed E-state index contributed by atoms with van der Waals surface area (Å²) >= 11 is 5.96. The van der Waals surface area contributed by atoms with Gasteiger partial charge in [0.1, 0.15) is 0 Å². The van der Waals surface area contributed by atoms with Crippen LogP contribution in [-0.2, 0) is 0 Å². The number of amides is 1. The third-order valence-corrected chi connectivity index (χ3v) is 3.03. The fraction of sp³-hybridized carbons (Fsp3) is 0.455. The highest BCUT2D eigenvalue weighted by Gasteiger charge is 2.20. The molecule has 2 heterocycles. The van der Waals surface area contributed by atoms with Crippen molar-refractivity contribution < 1.29 is 4.79 Å². The van der Waals surface area contributed by atoms with Gasteiger partial charge in [-0.1, -0.05) is 11.6 Å². The molecule has 0 atom stereocenters. The molecule has 0 aliphatic rings. The standard InChI is InChI=1S/C11H15ClN6O/c1-4-17(5-2)10(19)7-6-8(12)16-18-9(7)14-15-11(18)13-3/h6H,4-5H2,1-3H3,(H,13,15). The average Bonchev–Trinajstić information content (AvgIpc) is 2.81. The molecule has 0 fully saturated rings. The summed E-state index contributed by atoms with van der Waals surface area (Å²) in [6.45, 7) is 5.08. The number of halogens is 1. The number of fused-ring (bicyclic) bond motifs is 1. The van der Waals surface area contributed by atoms with E-state index in [2.05, 4.69) is 20.6 Å². The van der Waals surface area contributed by atoms with E-state index in [1.54, 1.807) is 11.9 Å². The van der Waals surface area contributed by atoms with E-state index in [1.165, 1.54) is 10.6 Å². The van der Waals surface area contributed by atoms with Crippen molar-refractivity contribution in [3.8, 4) is 0 Å². The van der Waals surface area contributed by atoms with Crippen molar-refractivity contribution in [1.82, 2.24) is 24.7 Å². The molecule has 19 heavy (non-hydrogen) atoms. The summed E-state index contributed by atoms with van der Waals surface area (Å²) in [6, 6.07) is 1.52. The highest BCUT2D eigenvalue weighted by Crippen LogP contribution is 2.17. The number of carbonyl (C=O) groups excluding carboxylic acids is 1. The summed E-state index contributed by atoms with van der Waals surface area (Å²) in [5, 5.41) is 15.1. The zero-order valence-electron chi connectivity index (χ0n) is 11.0. The molecule has 102 valence electrons. The molecule has 0 bridgehead atoms. The fourth-order valence-electron chi connectivity index (χ4n) is 1.84. The average molecular weight is 283 g/mol. The molecular formula is C11H15ClN6O. The zero-order valence-corrected chi connectivity index (χ0v) is 11.8. The molecule has 0 radical (unpaired) electrons. The molecule has 0 aliphatic heterocycles. The van der Waals surface area contributed by atoms with Gasteiger partial charge in [0.2, 0.25) is 5.95 Å². The van der Waals surface area contributed by atoms with Crippen molar-refractivity contribution in [3.05, 3.63) is 16.8 Å². The molecule has 1 N–H and O–H groups in total. The zero-order chi connectivity index (χ0) is 14.0. The first-order chi connectivity index (χ1) is 9.12. The number of aromatic nitrogens is 4. The van der Waals surface area contributed by atoms with Crippen molar-refractivity contribution >= 4 is 29.1 Å². The summed E-state index contributed by atoms with van der Waals surface area (Å²) in [6.07, 6.45) is 0. The second kappa shape index (κ2) is 5.40. The molecule has 2 aromatic heterocycles. The van der Waals surface area contributed by atoms with Crippen molar-refractivity contribution in [3.63, 3.8) is 0 Å². The van der Waals surface area contributed by atoms with Crippen LogP contribution in [0.25, 0.3) is 5.65 Å². The Hall–Kier alpha value is -1.89. The topological polar surface area (TPSA) is 75.4 Å². The van der Waals surface area contributed by atoms with Gasteiger partial charge in [0.05, 0.1) is 5.56 Å². The monoisotopic (exact) mass is 282 g/mol. The Labute approximate surface area is 115 Å². The van der Waals surface area contributed by atoms with E-state index in [9.17, 15) is 4.79 Å². The highest BCUT2D eigenvalue weighted by molar-refractivity contribution is 6.29. The van der Waals surface area contributed by atoms with Gasteiger partial charge in [-0.05, 0) is 19.9 Å². The molecule has 2 rings (SSSR count). The van der Waals surface area contributed by atoms with Gasteiger partial charge < -0.3 is 10.2 Å². The first-order valence-corrected chi connectivity index (χ1v) is 6.39. The quantitative estimate of drug-likeness (QED) is 0.915. The van der Waals surface area contributed by atoms with E-state index in [1.807, 2.05) is 13.8 Å². The highest BCUT2D eigenvalue weighted by atomic mass is 35.5. The molecule has 2 aromatic rings. The number of nitrogens with zero attached hydrogens (tertiary/aromatic N) is 5. The molecule has 0 saturated carbocycles. The van der Waals surface area contributed by atoms with Crippen molar-refractivity contribution in [2.75, 3.05) is 25.5 Å². The SMILES string of the molecule is CCN(CC)C(=O)c1cc(Cl)nn2c(NC)nnc12. The minimum Gasteiger partial charge on any atom is -0.356 e. The van der Waals surface area contributed by atoms with Crippen LogP contribution in [0.5, 0.6) is 0 Å². The summed E-state index contributed by atoms with van der Waals surface area (Å²) in [4.78, 5) is 14.1. The van der Waals surface area contributed by atoms with Crippen molar-refractivity contribution in [2.24, 2.45) is 0 Å². The molecule has 0 aromatic carbocycles. The van der Waals surface area contributed by atoms with Crippen LogP contribution in [0.15, 0.2) is 6.07 Å².